The van der Waals surface area contributed by atoms with E-state index in [1.165, 1.54) is 16.0 Å². The van der Waals surface area contributed by atoms with Crippen molar-refractivity contribution in [3.63, 3.8) is 0 Å². The highest BCUT2D eigenvalue weighted by molar-refractivity contribution is 7.80. The SMILES string of the molecule is CCc1ccc(N2C(=O)/C(=C\c3cn(Cc4cccc(C)c4)c4ccccc34)C(=O)NC2=S)cc1. The average Bonchev–Trinajstić information content (AvgIpc) is 3.19. The molecule has 0 bridgehead atoms. The zero-order valence-electron chi connectivity index (χ0n) is 19.6. The molecule has 0 saturated carbocycles. The maximum atomic E-state index is 13.5. The fourth-order valence-corrected chi connectivity index (χ4v) is 4.74. The van der Waals surface area contributed by atoms with E-state index in [0.29, 0.717) is 12.2 Å². The molecule has 1 aromatic heterocycles. The molecule has 0 atom stereocenters. The van der Waals surface area contributed by atoms with Crippen molar-refractivity contribution in [2.75, 3.05) is 4.90 Å². The first kappa shape index (κ1) is 22.7. The Morgan fingerprint density at radius 1 is 0.943 bits per heavy atom. The summed E-state index contributed by atoms with van der Waals surface area (Å²) in [4.78, 5) is 27.7. The van der Waals surface area contributed by atoms with Crippen molar-refractivity contribution in [1.29, 1.82) is 0 Å². The second-order valence-corrected chi connectivity index (χ2v) is 9.08. The molecule has 1 fully saturated rings. The van der Waals surface area contributed by atoms with Gasteiger partial charge >= 0.3 is 0 Å². The van der Waals surface area contributed by atoms with Crippen molar-refractivity contribution in [1.82, 2.24) is 9.88 Å². The first-order valence-corrected chi connectivity index (χ1v) is 12.0. The number of nitrogens with zero attached hydrogens (tertiary/aromatic N) is 2. The smallest absolute Gasteiger partial charge is 0.270 e. The Morgan fingerprint density at radius 2 is 1.71 bits per heavy atom. The summed E-state index contributed by atoms with van der Waals surface area (Å²) in [5.74, 6) is -0.921. The van der Waals surface area contributed by atoms with E-state index >= 15 is 0 Å². The maximum absolute atomic E-state index is 13.5. The number of carbonyl (C=O) groups is 2. The van der Waals surface area contributed by atoms with Gasteiger partial charge in [-0.1, -0.05) is 67.1 Å². The van der Waals surface area contributed by atoms with E-state index in [-0.39, 0.29) is 10.7 Å². The molecule has 3 aromatic carbocycles. The number of aromatic nitrogens is 1. The fraction of sp³-hybridized carbons (Fsp3) is 0.138. The topological polar surface area (TPSA) is 54.3 Å². The number of hydrogen-bond acceptors (Lipinski definition) is 3. The van der Waals surface area contributed by atoms with Crippen molar-refractivity contribution in [3.05, 3.63) is 107 Å². The van der Waals surface area contributed by atoms with Crippen molar-refractivity contribution in [2.45, 2.75) is 26.8 Å². The van der Waals surface area contributed by atoms with E-state index in [4.69, 9.17) is 12.2 Å². The van der Waals surface area contributed by atoms with Crippen molar-refractivity contribution in [3.8, 4) is 0 Å². The lowest BCUT2D eigenvalue weighted by molar-refractivity contribution is -0.122. The standard InChI is InChI=1S/C29H25N3O2S/c1-3-20-11-13-23(14-12-20)32-28(34)25(27(33)30-29(32)35)16-22-18-31(26-10-5-4-9-24(22)26)17-21-8-6-7-19(2)15-21/h4-16,18H,3,17H2,1-2H3,(H,30,33,35)/b25-16-. The molecule has 1 N–H and O–H groups in total. The van der Waals surface area contributed by atoms with Gasteiger partial charge in [0.1, 0.15) is 5.57 Å². The van der Waals surface area contributed by atoms with Crippen LogP contribution in [0.5, 0.6) is 0 Å². The highest BCUT2D eigenvalue weighted by Crippen LogP contribution is 2.27. The Bertz CT molecular complexity index is 1500. The van der Waals surface area contributed by atoms with Crippen LogP contribution in [0.3, 0.4) is 0 Å². The van der Waals surface area contributed by atoms with Crippen LogP contribution in [0.25, 0.3) is 17.0 Å². The van der Waals surface area contributed by atoms with Crippen LogP contribution in [-0.4, -0.2) is 21.5 Å². The Morgan fingerprint density at radius 3 is 2.46 bits per heavy atom. The van der Waals surface area contributed by atoms with Crippen molar-refractivity contribution >= 4 is 51.8 Å². The van der Waals surface area contributed by atoms with Gasteiger partial charge in [-0.15, -0.1) is 0 Å². The van der Waals surface area contributed by atoms with Crippen molar-refractivity contribution < 1.29 is 9.59 Å². The number of fused-ring (bicyclic) bond motifs is 1. The van der Waals surface area contributed by atoms with Gasteiger partial charge in [0.05, 0.1) is 5.69 Å². The summed E-state index contributed by atoms with van der Waals surface area (Å²) >= 11 is 5.35. The Labute approximate surface area is 209 Å². The summed E-state index contributed by atoms with van der Waals surface area (Å²) in [7, 11) is 0. The van der Waals surface area contributed by atoms with Crippen LogP contribution >= 0.6 is 12.2 Å². The van der Waals surface area contributed by atoms with E-state index in [2.05, 4.69) is 48.0 Å². The lowest BCUT2D eigenvalue weighted by Gasteiger charge is -2.29. The molecule has 1 aliphatic heterocycles. The van der Waals surface area contributed by atoms with Gasteiger partial charge in [-0.05, 0) is 61.0 Å². The number of amides is 2. The molecule has 5 rings (SSSR count). The minimum Gasteiger partial charge on any atom is -0.342 e. The molecule has 0 aliphatic carbocycles. The summed E-state index contributed by atoms with van der Waals surface area (Å²) in [5, 5.41) is 3.74. The summed E-state index contributed by atoms with van der Waals surface area (Å²) < 4.78 is 2.15. The summed E-state index contributed by atoms with van der Waals surface area (Å²) in [6.45, 7) is 4.83. The molecule has 174 valence electrons. The van der Waals surface area contributed by atoms with E-state index in [1.54, 1.807) is 6.08 Å². The van der Waals surface area contributed by atoms with Crippen LogP contribution < -0.4 is 10.2 Å². The third kappa shape index (κ3) is 4.40. The highest BCUT2D eigenvalue weighted by atomic mass is 32.1. The van der Waals surface area contributed by atoms with E-state index in [0.717, 1.165) is 28.5 Å². The lowest BCUT2D eigenvalue weighted by Crippen LogP contribution is -2.54. The highest BCUT2D eigenvalue weighted by Gasteiger charge is 2.34. The number of hydrogen-bond donors (Lipinski definition) is 1. The van der Waals surface area contributed by atoms with E-state index in [9.17, 15) is 9.59 Å². The molecule has 1 aliphatic rings. The van der Waals surface area contributed by atoms with Crippen LogP contribution in [0.15, 0.2) is 84.6 Å². The van der Waals surface area contributed by atoms with Gasteiger partial charge in [-0.3, -0.25) is 19.8 Å². The molecule has 5 nitrogen and oxygen atoms in total. The quantitative estimate of drug-likeness (QED) is 0.237. The molecule has 4 aromatic rings. The van der Waals surface area contributed by atoms with Crippen LogP contribution in [-0.2, 0) is 22.6 Å². The molecular weight excluding hydrogens is 454 g/mol. The predicted molar refractivity (Wildman–Crippen MR) is 144 cm³/mol. The molecule has 1 saturated heterocycles. The van der Waals surface area contributed by atoms with Crippen LogP contribution in [0, 0.1) is 6.92 Å². The third-order valence-corrected chi connectivity index (χ3v) is 6.54. The molecule has 0 unspecified atom stereocenters. The van der Waals surface area contributed by atoms with Gasteiger partial charge in [0.2, 0.25) is 0 Å². The molecule has 0 spiro atoms. The zero-order valence-corrected chi connectivity index (χ0v) is 20.4. The number of anilines is 1. The Kier molecular flexibility index (Phi) is 6.05. The number of nitrogens with one attached hydrogen (secondary N) is 1. The number of para-hydroxylation sites is 1. The minimum atomic E-state index is -0.489. The van der Waals surface area contributed by atoms with Crippen LogP contribution in [0.1, 0.15) is 29.2 Å². The average molecular weight is 480 g/mol. The number of carbonyl (C=O) groups excluding carboxylic acids is 2. The largest absolute Gasteiger partial charge is 0.342 e. The first-order chi connectivity index (χ1) is 16.9. The molecule has 0 radical (unpaired) electrons. The van der Waals surface area contributed by atoms with Gasteiger partial charge in [0.25, 0.3) is 11.8 Å². The van der Waals surface area contributed by atoms with Crippen LogP contribution in [0.2, 0.25) is 0 Å². The molecule has 2 heterocycles. The van der Waals surface area contributed by atoms with Gasteiger partial charge in [-0.2, -0.15) is 0 Å². The number of thiocarbonyl (C=S) groups is 1. The van der Waals surface area contributed by atoms with E-state index < -0.39 is 11.8 Å². The molecular formula is C29H25N3O2S. The number of aryl methyl sites for hydroxylation is 2. The van der Waals surface area contributed by atoms with E-state index in [1.807, 2.05) is 54.7 Å². The maximum Gasteiger partial charge on any atom is 0.270 e. The second-order valence-electron chi connectivity index (χ2n) is 8.70. The van der Waals surface area contributed by atoms with Crippen molar-refractivity contribution in [2.24, 2.45) is 0 Å². The molecule has 6 heteroatoms. The second kappa shape index (κ2) is 9.31. The molecule has 35 heavy (non-hydrogen) atoms. The van der Waals surface area contributed by atoms with Crippen LogP contribution in [0.4, 0.5) is 5.69 Å². The summed E-state index contributed by atoms with van der Waals surface area (Å²) in [6, 6.07) is 24.0. The van der Waals surface area contributed by atoms with Gasteiger partial charge in [0.15, 0.2) is 5.11 Å². The monoisotopic (exact) mass is 479 g/mol. The summed E-state index contributed by atoms with van der Waals surface area (Å²) in [6.07, 6.45) is 4.56. The molecule has 2 amide bonds. The number of rotatable bonds is 5. The first-order valence-electron chi connectivity index (χ1n) is 11.6. The Balaban J connectivity index is 1.55. The Hall–Kier alpha value is -4.03. The summed E-state index contributed by atoms with van der Waals surface area (Å²) in [5.41, 5.74) is 6.07. The van der Waals surface area contributed by atoms with Gasteiger partial charge in [-0.25, -0.2) is 0 Å². The number of benzene rings is 3. The normalized spacial score (nSPS) is 15.2. The van der Waals surface area contributed by atoms with Gasteiger partial charge < -0.3 is 4.57 Å². The third-order valence-electron chi connectivity index (χ3n) is 6.26. The minimum absolute atomic E-state index is 0.0524. The predicted octanol–water partition coefficient (Wildman–Crippen LogP) is 5.39. The van der Waals surface area contributed by atoms with Gasteiger partial charge in [0, 0.05) is 29.2 Å². The fourth-order valence-electron chi connectivity index (χ4n) is 4.46. The zero-order chi connectivity index (χ0) is 24.5. The lowest BCUT2D eigenvalue weighted by atomic mass is 10.1.